The Hall–Kier alpha value is -1.86. The first-order valence-corrected chi connectivity index (χ1v) is 6.76. The van der Waals surface area contributed by atoms with Gasteiger partial charge in [-0.2, -0.15) is 0 Å². The van der Waals surface area contributed by atoms with Crippen LogP contribution in [0.5, 0.6) is 0 Å². The minimum atomic E-state index is -0.210. The molecule has 1 aromatic carbocycles. The predicted molar refractivity (Wildman–Crippen MR) is 79.5 cm³/mol. The van der Waals surface area contributed by atoms with E-state index in [2.05, 4.69) is 15.5 Å². The summed E-state index contributed by atoms with van der Waals surface area (Å²) in [6, 6.07) is 7.13. The summed E-state index contributed by atoms with van der Waals surface area (Å²) in [5.41, 5.74) is 7.00. The molecule has 0 aliphatic rings. The summed E-state index contributed by atoms with van der Waals surface area (Å²) in [6.45, 7) is 1.83. The quantitative estimate of drug-likeness (QED) is 0.842. The van der Waals surface area contributed by atoms with E-state index < -0.39 is 0 Å². The molecule has 0 bridgehead atoms. The summed E-state index contributed by atoms with van der Waals surface area (Å²) in [6.07, 6.45) is 0.535. The highest BCUT2D eigenvalue weighted by atomic mass is 32.1. The molecule has 0 fully saturated rings. The third-order valence-electron chi connectivity index (χ3n) is 2.34. The van der Waals surface area contributed by atoms with Crippen LogP contribution in [0.1, 0.15) is 20.9 Å². The molecule has 0 saturated heterocycles. The molecule has 1 heterocycles. The molecule has 1 amide bonds. The highest BCUT2D eigenvalue weighted by Gasteiger charge is 2.09. The molecule has 0 spiro atoms. The molecule has 2 aromatic rings. The maximum atomic E-state index is 11.9. The Morgan fingerprint density at radius 2 is 2.05 bits per heavy atom. The van der Waals surface area contributed by atoms with Gasteiger partial charge in [0.05, 0.1) is 4.99 Å². The minimum Gasteiger partial charge on any atom is -0.393 e. The van der Waals surface area contributed by atoms with Gasteiger partial charge in [-0.15, -0.1) is 10.2 Å². The van der Waals surface area contributed by atoms with Crippen LogP contribution in [-0.2, 0) is 6.42 Å². The zero-order valence-electron chi connectivity index (χ0n) is 10.2. The highest BCUT2D eigenvalue weighted by molar-refractivity contribution is 7.80. The molecule has 2 rings (SSSR count). The average Bonchev–Trinajstić information content (AvgIpc) is 2.75. The lowest BCUT2D eigenvalue weighted by molar-refractivity contribution is 0.102. The first-order valence-electron chi connectivity index (χ1n) is 5.53. The van der Waals surface area contributed by atoms with Crippen LogP contribution in [0.3, 0.4) is 0 Å². The summed E-state index contributed by atoms with van der Waals surface area (Å²) in [5.74, 6) is -0.210. The molecular formula is C12H12N4OS2. The Balaban J connectivity index is 2.05. The number of aromatic nitrogens is 2. The van der Waals surface area contributed by atoms with Crippen molar-refractivity contribution in [3.8, 4) is 0 Å². The monoisotopic (exact) mass is 292 g/mol. The Morgan fingerprint density at radius 1 is 1.37 bits per heavy atom. The second kappa shape index (κ2) is 5.85. The topological polar surface area (TPSA) is 80.9 Å². The van der Waals surface area contributed by atoms with Gasteiger partial charge in [-0.3, -0.25) is 10.1 Å². The Kier molecular flexibility index (Phi) is 4.18. The molecule has 3 N–H and O–H groups in total. The van der Waals surface area contributed by atoms with E-state index in [9.17, 15) is 4.79 Å². The second-order valence-electron chi connectivity index (χ2n) is 3.92. The largest absolute Gasteiger partial charge is 0.393 e. The highest BCUT2D eigenvalue weighted by Crippen LogP contribution is 2.15. The summed E-state index contributed by atoms with van der Waals surface area (Å²) in [7, 11) is 0. The van der Waals surface area contributed by atoms with Crippen molar-refractivity contribution < 1.29 is 4.79 Å². The zero-order valence-corrected chi connectivity index (χ0v) is 11.8. The van der Waals surface area contributed by atoms with Gasteiger partial charge in [0.2, 0.25) is 5.13 Å². The van der Waals surface area contributed by atoms with E-state index in [0.717, 1.165) is 10.6 Å². The standard InChI is InChI=1S/C12H12N4OS2/c1-7-15-16-12(19-7)14-11(17)9-4-2-8(3-5-9)6-10(13)18/h2-5H,6H2,1H3,(H2,13,18)(H,14,16,17). The van der Waals surface area contributed by atoms with Crippen molar-refractivity contribution in [3.05, 3.63) is 40.4 Å². The van der Waals surface area contributed by atoms with Crippen molar-refractivity contribution in [1.29, 1.82) is 0 Å². The number of nitrogens with one attached hydrogen (secondary N) is 1. The van der Waals surface area contributed by atoms with E-state index in [-0.39, 0.29) is 5.91 Å². The predicted octanol–water partition coefficient (Wildman–Crippen LogP) is 1.93. The number of rotatable bonds is 4. The summed E-state index contributed by atoms with van der Waals surface area (Å²) >= 11 is 6.17. The van der Waals surface area contributed by atoms with Gasteiger partial charge in [-0.05, 0) is 24.6 Å². The normalized spacial score (nSPS) is 10.2. The zero-order chi connectivity index (χ0) is 13.8. The molecule has 0 radical (unpaired) electrons. The number of carbonyl (C=O) groups excluding carboxylic acids is 1. The average molecular weight is 292 g/mol. The number of carbonyl (C=O) groups is 1. The van der Waals surface area contributed by atoms with Gasteiger partial charge >= 0.3 is 0 Å². The van der Waals surface area contributed by atoms with Crippen LogP contribution in [0.2, 0.25) is 0 Å². The fourth-order valence-corrected chi connectivity index (χ4v) is 2.25. The fourth-order valence-electron chi connectivity index (χ4n) is 1.49. The Bertz CT molecular complexity index is 606. The van der Waals surface area contributed by atoms with E-state index >= 15 is 0 Å². The number of amides is 1. The summed E-state index contributed by atoms with van der Waals surface area (Å²) < 4.78 is 0. The number of hydrogen-bond donors (Lipinski definition) is 2. The number of nitrogens with zero attached hydrogens (tertiary/aromatic N) is 2. The van der Waals surface area contributed by atoms with E-state index in [1.54, 1.807) is 12.1 Å². The molecule has 0 saturated carbocycles. The first kappa shape index (κ1) is 13.6. The van der Waals surface area contributed by atoms with Crippen molar-refractivity contribution >= 4 is 39.6 Å². The number of anilines is 1. The molecule has 0 aliphatic carbocycles. The van der Waals surface area contributed by atoms with E-state index in [1.807, 2.05) is 19.1 Å². The number of benzene rings is 1. The van der Waals surface area contributed by atoms with Gasteiger partial charge in [0.15, 0.2) is 0 Å². The first-order chi connectivity index (χ1) is 9.04. The van der Waals surface area contributed by atoms with Gasteiger partial charge in [-0.25, -0.2) is 0 Å². The smallest absolute Gasteiger partial charge is 0.257 e. The van der Waals surface area contributed by atoms with E-state index in [0.29, 0.717) is 22.1 Å². The van der Waals surface area contributed by atoms with Gasteiger partial charge in [0, 0.05) is 12.0 Å². The molecule has 7 heteroatoms. The van der Waals surface area contributed by atoms with E-state index in [4.69, 9.17) is 18.0 Å². The molecule has 1 aromatic heterocycles. The molecule has 0 aliphatic heterocycles. The van der Waals surface area contributed by atoms with Crippen molar-refractivity contribution in [2.24, 2.45) is 5.73 Å². The SMILES string of the molecule is Cc1nnc(NC(=O)c2ccc(CC(N)=S)cc2)s1. The molecule has 98 valence electrons. The van der Waals surface area contributed by atoms with Crippen LogP contribution < -0.4 is 11.1 Å². The van der Waals surface area contributed by atoms with Crippen LogP contribution in [-0.4, -0.2) is 21.1 Å². The van der Waals surface area contributed by atoms with Crippen LogP contribution >= 0.6 is 23.6 Å². The van der Waals surface area contributed by atoms with Gasteiger partial charge < -0.3 is 5.73 Å². The number of hydrogen-bond acceptors (Lipinski definition) is 5. The van der Waals surface area contributed by atoms with Crippen molar-refractivity contribution in [2.75, 3.05) is 5.32 Å². The summed E-state index contributed by atoms with van der Waals surface area (Å²) in [5, 5.41) is 11.7. The number of aryl methyl sites for hydroxylation is 1. The number of thiocarbonyl (C=S) groups is 1. The van der Waals surface area contributed by atoms with Crippen molar-refractivity contribution in [2.45, 2.75) is 13.3 Å². The van der Waals surface area contributed by atoms with Crippen LogP contribution in [0.4, 0.5) is 5.13 Å². The third kappa shape index (κ3) is 3.80. The lowest BCUT2D eigenvalue weighted by atomic mass is 10.1. The van der Waals surface area contributed by atoms with Crippen LogP contribution in [0, 0.1) is 6.92 Å². The Morgan fingerprint density at radius 3 is 2.58 bits per heavy atom. The molecular weight excluding hydrogens is 280 g/mol. The van der Waals surface area contributed by atoms with Crippen molar-refractivity contribution in [1.82, 2.24) is 10.2 Å². The minimum absolute atomic E-state index is 0.210. The van der Waals surface area contributed by atoms with Crippen molar-refractivity contribution in [3.63, 3.8) is 0 Å². The lowest BCUT2D eigenvalue weighted by Gasteiger charge is -2.03. The van der Waals surface area contributed by atoms with Crippen LogP contribution in [0.25, 0.3) is 0 Å². The molecule has 19 heavy (non-hydrogen) atoms. The third-order valence-corrected chi connectivity index (χ3v) is 3.24. The van der Waals surface area contributed by atoms with E-state index in [1.165, 1.54) is 11.3 Å². The maximum Gasteiger partial charge on any atom is 0.257 e. The van der Waals surface area contributed by atoms with Gasteiger partial charge in [0.25, 0.3) is 5.91 Å². The maximum absolute atomic E-state index is 11.9. The van der Waals surface area contributed by atoms with Gasteiger partial charge in [0.1, 0.15) is 5.01 Å². The second-order valence-corrected chi connectivity index (χ2v) is 5.63. The lowest BCUT2D eigenvalue weighted by Crippen LogP contribution is -2.13. The molecule has 5 nitrogen and oxygen atoms in total. The Labute approximate surface area is 119 Å². The van der Waals surface area contributed by atoms with Gasteiger partial charge in [-0.1, -0.05) is 35.7 Å². The molecule has 0 atom stereocenters. The molecule has 0 unspecified atom stereocenters. The number of nitrogens with two attached hydrogens (primary N) is 1. The van der Waals surface area contributed by atoms with Crippen LogP contribution in [0.15, 0.2) is 24.3 Å². The summed E-state index contributed by atoms with van der Waals surface area (Å²) in [4.78, 5) is 12.4. The fraction of sp³-hybridized carbons (Fsp3) is 0.167.